The highest BCUT2D eigenvalue weighted by atomic mass is 16.7. The number of fused-ring (bicyclic) bond motifs is 1. The van der Waals surface area contributed by atoms with E-state index in [4.69, 9.17) is 18.9 Å². The van der Waals surface area contributed by atoms with E-state index in [1.165, 1.54) is 0 Å². The molecule has 2 amide bonds. The summed E-state index contributed by atoms with van der Waals surface area (Å²) in [6.45, 7) is 0.293. The fourth-order valence-electron chi connectivity index (χ4n) is 3.96. The van der Waals surface area contributed by atoms with E-state index < -0.39 is 6.10 Å². The molecule has 2 aromatic rings. The second kappa shape index (κ2) is 10.5. The third kappa shape index (κ3) is 5.74. The summed E-state index contributed by atoms with van der Waals surface area (Å²) < 4.78 is 21.6. The zero-order valence-electron chi connectivity index (χ0n) is 18.4. The van der Waals surface area contributed by atoms with Gasteiger partial charge in [0.1, 0.15) is 11.9 Å². The zero-order chi connectivity index (χ0) is 23.2. The van der Waals surface area contributed by atoms with Gasteiger partial charge in [0, 0.05) is 12.1 Å². The molecule has 9 heteroatoms. The summed E-state index contributed by atoms with van der Waals surface area (Å²) in [7, 11) is 1.61. The maximum absolute atomic E-state index is 12.7. The van der Waals surface area contributed by atoms with Crippen molar-refractivity contribution in [2.75, 3.05) is 20.5 Å². The van der Waals surface area contributed by atoms with Gasteiger partial charge in [0.15, 0.2) is 11.5 Å². The topological polar surface area (TPSA) is 115 Å². The molecule has 4 rings (SSSR count). The van der Waals surface area contributed by atoms with Gasteiger partial charge < -0.3 is 34.7 Å². The lowest BCUT2D eigenvalue weighted by molar-refractivity contribution is -0.131. The number of hydrogen-bond acceptors (Lipinski definition) is 7. The highest BCUT2D eigenvalue weighted by molar-refractivity contribution is 5.95. The van der Waals surface area contributed by atoms with Gasteiger partial charge in [0.2, 0.25) is 12.7 Å². The van der Waals surface area contributed by atoms with Crippen molar-refractivity contribution in [2.24, 2.45) is 0 Å². The number of rotatable bonds is 8. The lowest BCUT2D eigenvalue weighted by Gasteiger charge is -2.36. The number of methoxy groups -OCH3 is 1. The Balaban J connectivity index is 1.25. The number of carbonyl (C=O) groups excluding carboxylic acids is 2. The molecule has 2 aromatic carbocycles. The van der Waals surface area contributed by atoms with E-state index in [2.05, 4.69) is 10.6 Å². The summed E-state index contributed by atoms with van der Waals surface area (Å²) in [6.07, 6.45) is 0.471. The second-order valence-corrected chi connectivity index (χ2v) is 8.03. The van der Waals surface area contributed by atoms with Gasteiger partial charge in [-0.05, 0) is 48.7 Å². The molecule has 1 saturated heterocycles. The van der Waals surface area contributed by atoms with E-state index in [9.17, 15) is 14.7 Å². The van der Waals surface area contributed by atoms with Gasteiger partial charge >= 0.3 is 0 Å². The predicted molar refractivity (Wildman–Crippen MR) is 118 cm³/mol. The lowest BCUT2D eigenvalue weighted by Crippen LogP contribution is -2.51. The summed E-state index contributed by atoms with van der Waals surface area (Å²) >= 11 is 0. The molecule has 0 unspecified atom stereocenters. The number of benzene rings is 2. The van der Waals surface area contributed by atoms with Gasteiger partial charge in [0.25, 0.3) is 5.91 Å². The molecule has 0 aromatic heterocycles. The molecule has 0 saturated carbocycles. The Morgan fingerprint density at radius 2 is 1.88 bits per heavy atom. The van der Waals surface area contributed by atoms with E-state index in [1.54, 1.807) is 25.3 Å². The van der Waals surface area contributed by atoms with Crippen LogP contribution in [0.4, 0.5) is 0 Å². The normalized spacial score (nSPS) is 21.3. The average molecular weight is 456 g/mol. The first-order valence-corrected chi connectivity index (χ1v) is 10.9. The number of nitrogens with one attached hydrogen (secondary N) is 2. The number of aliphatic hydroxyl groups excluding tert-OH is 1. The summed E-state index contributed by atoms with van der Waals surface area (Å²) in [5, 5.41) is 15.6. The van der Waals surface area contributed by atoms with E-state index in [0.717, 1.165) is 11.3 Å². The third-order valence-electron chi connectivity index (χ3n) is 5.81. The quantitative estimate of drug-likeness (QED) is 0.555. The minimum Gasteiger partial charge on any atom is -0.497 e. The van der Waals surface area contributed by atoms with Crippen molar-refractivity contribution >= 4 is 11.8 Å². The fraction of sp³-hybridized carbons (Fsp3) is 0.417. The fourth-order valence-corrected chi connectivity index (χ4v) is 3.96. The van der Waals surface area contributed by atoms with Crippen LogP contribution in [0, 0.1) is 0 Å². The molecule has 0 aliphatic carbocycles. The number of aliphatic hydroxyl groups is 1. The second-order valence-electron chi connectivity index (χ2n) is 8.03. The van der Waals surface area contributed by atoms with Crippen LogP contribution in [-0.2, 0) is 16.1 Å². The van der Waals surface area contributed by atoms with Crippen LogP contribution < -0.4 is 24.8 Å². The van der Waals surface area contributed by atoms with Gasteiger partial charge in [-0.1, -0.05) is 12.1 Å². The van der Waals surface area contributed by atoms with Crippen molar-refractivity contribution in [3.8, 4) is 17.2 Å². The van der Waals surface area contributed by atoms with Gasteiger partial charge in [-0.3, -0.25) is 9.59 Å². The van der Waals surface area contributed by atoms with Gasteiger partial charge in [-0.15, -0.1) is 0 Å². The Morgan fingerprint density at radius 3 is 2.64 bits per heavy atom. The average Bonchev–Trinajstić information content (AvgIpc) is 3.32. The SMILES string of the molecule is COc1ccc(CNC(=O)C[C@@H]2CC[C@@H](NC(=O)c3ccc4c(c3)OCO4)[C@H](CO)O2)cc1. The Labute approximate surface area is 192 Å². The molecule has 0 bridgehead atoms. The van der Waals surface area contributed by atoms with Gasteiger partial charge in [-0.2, -0.15) is 0 Å². The minimum absolute atomic E-state index is 0.129. The molecule has 3 atom stereocenters. The Hall–Kier alpha value is -3.30. The van der Waals surface area contributed by atoms with E-state index in [-0.39, 0.29) is 43.8 Å². The molecule has 2 aliphatic heterocycles. The van der Waals surface area contributed by atoms with Crippen molar-refractivity contribution < 1.29 is 33.6 Å². The standard InChI is InChI=1S/C24H28N2O7/c1-30-17-5-2-15(3-6-17)12-25-23(28)11-18-7-8-19(22(13-27)33-18)26-24(29)16-4-9-20-21(10-16)32-14-31-20/h2-6,9-10,18-19,22,27H,7-8,11-14H2,1H3,(H,25,28)(H,26,29)/t18-,19+,22-/m0/s1. The monoisotopic (exact) mass is 456 g/mol. The maximum atomic E-state index is 12.7. The van der Waals surface area contributed by atoms with Crippen LogP contribution in [0.2, 0.25) is 0 Å². The van der Waals surface area contributed by atoms with Crippen LogP contribution in [0.1, 0.15) is 35.2 Å². The Bertz CT molecular complexity index is 979. The van der Waals surface area contributed by atoms with Crippen molar-refractivity contribution in [3.63, 3.8) is 0 Å². The van der Waals surface area contributed by atoms with Crippen molar-refractivity contribution in [2.45, 2.75) is 44.1 Å². The first-order chi connectivity index (χ1) is 16.1. The molecule has 2 aliphatic rings. The maximum Gasteiger partial charge on any atom is 0.251 e. The first-order valence-electron chi connectivity index (χ1n) is 10.9. The Kier molecular flexibility index (Phi) is 7.31. The third-order valence-corrected chi connectivity index (χ3v) is 5.81. The van der Waals surface area contributed by atoms with Crippen LogP contribution in [0.5, 0.6) is 17.2 Å². The zero-order valence-corrected chi connectivity index (χ0v) is 18.4. The summed E-state index contributed by atoms with van der Waals surface area (Å²) in [5.74, 6) is 1.48. The number of hydrogen-bond donors (Lipinski definition) is 3. The highest BCUT2D eigenvalue weighted by Crippen LogP contribution is 2.32. The van der Waals surface area contributed by atoms with Crippen LogP contribution in [-0.4, -0.2) is 55.7 Å². The smallest absolute Gasteiger partial charge is 0.251 e. The molecule has 2 heterocycles. The molecular weight excluding hydrogens is 428 g/mol. The van der Waals surface area contributed by atoms with Gasteiger partial charge in [0.05, 0.1) is 32.3 Å². The molecule has 176 valence electrons. The lowest BCUT2D eigenvalue weighted by atomic mass is 9.96. The predicted octanol–water partition coefficient (Wildman–Crippen LogP) is 1.77. The molecule has 0 spiro atoms. The van der Waals surface area contributed by atoms with E-state index >= 15 is 0 Å². The minimum atomic E-state index is -0.587. The van der Waals surface area contributed by atoms with Gasteiger partial charge in [-0.25, -0.2) is 0 Å². The summed E-state index contributed by atoms with van der Waals surface area (Å²) in [6, 6.07) is 12.1. The number of amides is 2. The van der Waals surface area contributed by atoms with Crippen LogP contribution in [0.25, 0.3) is 0 Å². The Morgan fingerprint density at radius 1 is 1.09 bits per heavy atom. The van der Waals surface area contributed by atoms with Crippen LogP contribution in [0.3, 0.4) is 0 Å². The largest absolute Gasteiger partial charge is 0.497 e. The van der Waals surface area contributed by atoms with Crippen molar-refractivity contribution in [1.29, 1.82) is 0 Å². The van der Waals surface area contributed by atoms with Crippen LogP contribution >= 0.6 is 0 Å². The highest BCUT2D eigenvalue weighted by Gasteiger charge is 2.33. The summed E-state index contributed by atoms with van der Waals surface area (Å²) in [5.41, 5.74) is 1.41. The van der Waals surface area contributed by atoms with E-state index in [1.807, 2.05) is 24.3 Å². The number of carbonyl (C=O) groups is 2. The number of ether oxygens (including phenoxy) is 4. The van der Waals surface area contributed by atoms with Crippen molar-refractivity contribution in [3.05, 3.63) is 53.6 Å². The first kappa shape index (κ1) is 22.9. The molecule has 33 heavy (non-hydrogen) atoms. The molecule has 0 radical (unpaired) electrons. The van der Waals surface area contributed by atoms with Crippen molar-refractivity contribution in [1.82, 2.24) is 10.6 Å². The van der Waals surface area contributed by atoms with Crippen LogP contribution in [0.15, 0.2) is 42.5 Å². The molecule has 9 nitrogen and oxygen atoms in total. The van der Waals surface area contributed by atoms with E-state index in [0.29, 0.717) is 36.4 Å². The molecule has 1 fully saturated rings. The molecular formula is C24H28N2O7. The summed E-state index contributed by atoms with van der Waals surface area (Å²) in [4.78, 5) is 25.0. The molecule has 3 N–H and O–H groups in total.